The van der Waals surface area contributed by atoms with Crippen LogP contribution in [-0.4, -0.2) is 36.6 Å². The van der Waals surface area contributed by atoms with Crippen LogP contribution in [0.2, 0.25) is 10.0 Å². The van der Waals surface area contributed by atoms with Crippen molar-refractivity contribution in [3.05, 3.63) is 33.8 Å². The maximum atomic E-state index is 11.8. The van der Waals surface area contributed by atoms with Gasteiger partial charge in [-0.2, -0.15) is 0 Å². The van der Waals surface area contributed by atoms with Gasteiger partial charge in [0.15, 0.2) is 0 Å². The fourth-order valence-electron chi connectivity index (χ4n) is 1.34. The Morgan fingerprint density at radius 3 is 2.40 bits per heavy atom. The van der Waals surface area contributed by atoms with Crippen LogP contribution in [0.5, 0.6) is 0 Å². The van der Waals surface area contributed by atoms with Gasteiger partial charge in [0.1, 0.15) is 6.61 Å². The first kappa shape index (κ1) is 19.5. The molecular formula is C14H20Cl3NO2. The first-order valence-corrected chi connectivity index (χ1v) is 6.81. The van der Waals surface area contributed by atoms with Gasteiger partial charge in [-0.15, -0.1) is 12.4 Å². The Morgan fingerprint density at radius 2 is 1.90 bits per heavy atom. The Morgan fingerprint density at radius 1 is 1.30 bits per heavy atom. The average molecular weight is 341 g/mol. The summed E-state index contributed by atoms with van der Waals surface area (Å²) in [6.45, 7) is 7.30. The summed E-state index contributed by atoms with van der Waals surface area (Å²) in [5.41, 5.74) is 0.383. The molecule has 1 aromatic carbocycles. The van der Waals surface area contributed by atoms with Crippen LogP contribution in [0, 0.1) is 0 Å². The van der Waals surface area contributed by atoms with Crippen LogP contribution in [0.25, 0.3) is 0 Å². The lowest BCUT2D eigenvalue weighted by Gasteiger charge is -2.31. The number of hydrogen-bond donors (Lipinski definition) is 0. The molecule has 1 rings (SSSR count). The SMILES string of the molecule is CN(CCOC(=O)c1ccc(Cl)cc1Cl)C(C)(C)C.Cl. The number of carbonyl (C=O) groups excluding carboxylic acids is 1. The number of carbonyl (C=O) groups is 1. The summed E-state index contributed by atoms with van der Waals surface area (Å²) in [7, 11) is 1.99. The van der Waals surface area contributed by atoms with E-state index < -0.39 is 5.97 Å². The molecule has 0 aliphatic heterocycles. The minimum absolute atomic E-state index is 0. The summed E-state index contributed by atoms with van der Waals surface area (Å²) in [5.74, 6) is -0.427. The van der Waals surface area contributed by atoms with E-state index in [-0.39, 0.29) is 17.9 Å². The number of benzene rings is 1. The molecule has 0 atom stereocenters. The van der Waals surface area contributed by atoms with Crippen molar-refractivity contribution in [2.75, 3.05) is 20.2 Å². The normalized spacial score (nSPS) is 11.2. The molecule has 1 aromatic rings. The van der Waals surface area contributed by atoms with Gasteiger partial charge in [-0.1, -0.05) is 23.2 Å². The first-order valence-electron chi connectivity index (χ1n) is 6.05. The standard InChI is InChI=1S/C14H19Cl2NO2.ClH/c1-14(2,3)17(4)7-8-19-13(18)11-6-5-10(15)9-12(11)16;/h5-6,9H,7-8H2,1-4H3;1H. The van der Waals surface area contributed by atoms with E-state index in [1.165, 1.54) is 6.07 Å². The smallest absolute Gasteiger partial charge is 0.339 e. The van der Waals surface area contributed by atoms with Crippen molar-refractivity contribution in [2.45, 2.75) is 26.3 Å². The number of halogens is 3. The van der Waals surface area contributed by atoms with Crippen molar-refractivity contribution in [2.24, 2.45) is 0 Å². The molecule has 0 amide bonds. The third-order valence-corrected chi connectivity index (χ3v) is 3.50. The van der Waals surface area contributed by atoms with Gasteiger partial charge in [0.2, 0.25) is 0 Å². The molecule has 20 heavy (non-hydrogen) atoms. The Kier molecular flexibility index (Phi) is 7.89. The van der Waals surface area contributed by atoms with Crippen molar-refractivity contribution in [1.82, 2.24) is 4.90 Å². The Labute approximate surface area is 136 Å². The second-order valence-electron chi connectivity index (χ2n) is 5.35. The summed E-state index contributed by atoms with van der Waals surface area (Å²) >= 11 is 11.7. The maximum Gasteiger partial charge on any atom is 0.339 e. The molecule has 0 aromatic heterocycles. The molecule has 0 N–H and O–H groups in total. The van der Waals surface area contributed by atoms with Crippen molar-refractivity contribution in [1.29, 1.82) is 0 Å². The largest absolute Gasteiger partial charge is 0.461 e. The second kappa shape index (κ2) is 8.08. The molecule has 0 saturated heterocycles. The molecule has 0 saturated carbocycles. The Balaban J connectivity index is 0.00000361. The minimum atomic E-state index is -0.427. The van der Waals surface area contributed by atoms with Gasteiger partial charge in [-0.25, -0.2) is 4.79 Å². The zero-order chi connectivity index (χ0) is 14.6. The number of ether oxygens (including phenoxy) is 1. The molecule has 0 heterocycles. The number of esters is 1. The second-order valence-corrected chi connectivity index (χ2v) is 6.20. The van der Waals surface area contributed by atoms with Crippen LogP contribution in [0.15, 0.2) is 18.2 Å². The predicted molar refractivity (Wildman–Crippen MR) is 86.4 cm³/mol. The molecule has 0 bridgehead atoms. The number of nitrogens with zero attached hydrogens (tertiary/aromatic N) is 1. The first-order chi connectivity index (χ1) is 8.71. The van der Waals surface area contributed by atoms with E-state index in [1.807, 2.05) is 7.05 Å². The van der Waals surface area contributed by atoms with Gasteiger partial charge in [0, 0.05) is 17.1 Å². The third kappa shape index (κ3) is 5.88. The summed E-state index contributed by atoms with van der Waals surface area (Å²) in [6.07, 6.45) is 0. The highest BCUT2D eigenvalue weighted by Gasteiger charge is 2.17. The molecule has 0 spiro atoms. The monoisotopic (exact) mass is 339 g/mol. The van der Waals surface area contributed by atoms with E-state index in [0.29, 0.717) is 28.8 Å². The van der Waals surface area contributed by atoms with Gasteiger partial charge in [0.05, 0.1) is 10.6 Å². The van der Waals surface area contributed by atoms with Crippen LogP contribution in [0.1, 0.15) is 31.1 Å². The van der Waals surface area contributed by atoms with E-state index in [9.17, 15) is 4.79 Å². The summed E-state index contributed by atoms with van der Waals surface area (Å²) in [4.78, 5) is 14.0. The number of rotatable bonds is 4. The molecule has 6 heteroatoms. The topological polar surface area (TPSA) is 29.5 Å². The van der Waals surface area contributed by atoms with Gasteiger partial charge >= 0.3 is 5.97 Å². The molecule has 0 aliphatic carbocycles. The minimum Gasteiger partial charge on any atom is -0.461 e. The lowest BCUT2D eigenvalue weighted by molar-refractivity contribution is 0.0424. The fourth-order valence-corrected chi connectivity index (χ4v) is 1.83. The lowest BCUT2D eigenvalue weighted by Crippen LogP contribution is -2.40. The third-order valence-electron chi connectivity index (χ3n) is 2.96. The van der Waals surface area contributed by atoms with E-state index in [4.69, 9.17) is 27.9 Å². The lowest BCUT2D eigenvalue weighted by atomic mass is 10.1. The predicted octanol–water partition coefficient (Wildman–Crippen LogP) is 4.30. The summed E-state index contributed by atoms with van der Waals surface area (Å²) < 4.78 is 5.21. The molecular weight excluding hydrogens is 321 g/mol. The molecule has 0 aliphatic rings. The molecule has 3 nitrogen and oxygen atoms in total. The van der Waals surface area contributed by atoms with Crippen molar-refractivity contribution >= 4 is 41.6 Å². The van der Waals surface area contributed by atoms with Crippen LogP contribution in [0.4, 0.5) is 0 Å². The molecule has 0 fully saturated rings. The van der Waals surface area contributed by atoms with Crippen LogP contribution >= 0.6 is 35.6 Å². The molecule has 114 valence electrons. The van der Waals surface area contributed by atoms with Gasteiger partial charge in [-0.3, -0.25) is 4.90 Å². The highest BCUT2D eigenvalue weighted by Crippen LogP contribution is 2.21. The molecule has 0 unspecified atom stereocenters. The summed E-state index contributed by atoms with van der Waals surface area (Å²) in [5, 5.41) is 0.802. The summed E-state index contributed by atoms with van der Waals surface area (Å²) in [6, 6.07) is 4.72. The Hall–Kier alpha value is -0.480. The highest BCUT2D eigenvalue weighted by atomic mass is 35.5. The Bertz CT molecular complexity index is 458. The van der Waals surface area contributed by atoms with Crippen LogP contribution in [-0.2, 0) is 4.74 Å². The van der Waals surface area contributed by atoms with E-state index in [0.717, 1.165) is 0 Å². The zero-order valence-corrected chi connectivity index (χ0v) is 14.4. The van der Waals surface area contributed by atoms with Crippen molar-refractivity contribution < 1.29 is 9.53 Å². The number of hydrogen-bond acceptors (Lipinski definition) is 3. The van der Waals surface area contributed by atoms with Gasteiger partial charge in [-0.05, 0) is 46.0 Å². The van der Waals surface area contributed by atoms with Crippen molar-refractivity contribution in [3.63, 3.8) is 0 Å². The molecule has 0 radical (unpaired) electrons. The van der Waals surface area contributed by atoms with Crippen LogP contribution in [0.3, 0.4) is 0 Å². The fraction of sp³-hybridized carbons (Fsp3) is 0.500. The zero-order valence-electron chi connectivity index (χ0n) is 12.1. The number of likely N-dealkylation sites (N-methyl/N-ethyl adjacent to an activating group) is 1. The van der Waals surface area contributed by atoms with Gasteiger partial charge < -0.3 is 4.74 Å². The van der Waals surface area contributed by atoms with E-state index >= 15 is 0 Å². The van der Waals surface area contributed by atoms with Gasteiger partial charge in [0.25, 0.3) is 0 Å². The average Bonchev–Trinajstić information content (AvgIpc) is 2.27. The maximum absolute atomic E-state index is 11.8. The highest BCUT2D eigenvalue weighted by molar-refractivity contribution is 6.36. The van der Waals surface area contributed by atoms with Crippen LogP contribution < -0.4 is 0 Å². The van der Waals surface area contributed by atoms with E-state index in [2.05, 4.69) is 25.7 Å². The quantitative estimate of drug-likeness (QED) is 0.765. The van der Waals surface area contributed by atoms with Crippen molar-refractivity contribution in [3.8, 4) is 0 Å². The van der Waals surface area contributed by atoms with E-state index in [1.54, 1.807) is 12.1 Å².